The van der Waals surface area contributed by atoms with E-state index in [0.717, 1.165) is 5.82 Å². The van der Waals surface area contributed by atoms with Crippen molar-refractivity contribution in [3.8, 4) is 0 Å². The Labute approximate surface area is 257 Å². The molecule has 4 rings (SSSR count). The number of carbonyl (C=O) groups is 1. The Morgan fingerprint density at radius 1 is 1.21 bits per heavy atom. The Hall–Kier alpha value is -2.82. The first-order valence-electron chi connectivity index (χ1n) is 14.1. The van der Waals surface area contributed by atoms with E-state index in [0.29, 0.717) is 55.4 Å². The summed E-state index contributed by atoms with van der Waals surface area (Å²) in [6, 6.07) is 2.67. The van der Waals surface area contributed by atoms with Gasteiger partial charge in [0, 0.05) is 61.7 Å². The molecule has 3 aliphatic heterocycles. The number of aliphatic imine (C=N–C) groups is 2. The van der Waals surface area contributed by atoms with E-state index >= 15 is 0 Å². The summed E-state index contributed by atoms with van der Waals surface area (Å²) >= 11 is 12.7. The van der Waals surface area contributed by atoms with Gasteiger partial charge in [-0.05, 0) is 65.7 Å². The van der Waals surface area contributed by atoms with Crippen LogP contribution in [0.15, 0.2) is 45.6 Å². The lowest BCUT2D eigenvalue weighted by Gasteiger charge is -2.43. The second-order valence-corrected chi connectivity index (χ2v) is 12.8. The molecule has 1 aromatic carbocycles. The minimum absolute atomic E-state index is 0.00607. The lowest BCUT2D eigenvalue weighted by molar-refractivity contribution is 0.00946. The minimum Gasteiger partial charge on any atom is -0.486 e. The summed E-state index contributed by atoms with van der Waals surface area (Å²) in [6.45, 7) is 11.4. The summed E-state index contributed by atoms with van der Waals surface area (Å²) in [7, 11) is 1.65. The van der Waals surface area contributed by atoms with Gasteiger partial charge in [-0.25, -0.2) is 19.2 Å². The first kappa shape index (κ1) is 32.1. The molecule has 4 atom stereocenters. The molecule has 1 saturated heterocycles. The Morgan fingerprint density at radius 3 is 2.55 bits per heavy atom. The van der Waals surface area contributed by atoms with Crippen LogP contribution in [0.5, 0.6) is 0 Å². The first-order valence-corrected chi connectivity index (χ1v) is 14.8. The van der Waals surface area contributed by atoms with Crippen molar-refractivity contribution in [1.82, 2.24) is 9.80 Å². The van der Waals surface area contributed by atoms with Crippen molar-refractivity contribution >= 4 is 41.7 Å². The number of halogens is 3. The Bertz CT molecular complexity index is 1310. The van der Waals surface area contributed by atoms with Crippen molar-refractivity contribution in [2.75, 3.05) is 33.4 Å². The van der Waals surface area contributed by atoms with Gasteiger partial charge in [-0.1, -0.05) is 23.2 Å². The van der Waals surface area contributed by atoms with Crippen LogP contribution in [-0.4, -0.2) is 73.3 Å². The van der Waals surface area contributed by atoms with E-state index in [9.17, 15) is 9.18 Å². The molecule has 1 spiro atoms. The highest BCUT2D eigenvalue weighted by Crippen LogP contribution is 2.50. The number of benzene rings is 1. The van der Waals surface area contributed by atoms with Crippen LogP contribution in [0.3, 0.4) is 0 Å². The third-order valence-corrected chi connectivity index (χ3v) is 8.52. The fraction of sp³-hybridized carbons (Fsp3) is 0.567. The van der Waals surface area contributed by atoms with Gasteiger partial charge in [0.05, 0.1) is 17.0 Å². The topological polar surface area (TPSA) is 102 Å². The van der Waals surface area contributed by atoms with E-state index < -0.39 is 22.9 Å². The Kier molecular flexibility index (Phi) is 9.79. The van der Waals surface area contributed by atoms with Gasteiger partial charge in [0.25, 0.3) is 0 Å². The molecule has 1 amide bonds. The minimum atomic E-state index is -0.716. The maximum absolute atomic E-state index is 14.4. The molecule has 0 aromatic heterocycles. The number of methoxy groups -OCH3 is 1. The van der Waals surface area contributed by atoms with Crippen LogP contribution in [0.1, 0.15) is 59.1 Å². The van der Waals surface area contributed by atoms with Gasteiger partial charge in [-0.3, -0.25) is 0 Å². The molecule has 0 bridgehead atoms. The molecule has 1 unspecified atom stereocenters. The van der Waals surface area contributed by atoms with E-state index in [1.165, 1.54) is 12.1 Å². The van der Waals surface area contributed by atoms with Crippen molar-refractivity contribution in [2.45, 2.75) is 65.2 Å². The molecule has 2 N–H and O–H groups in total. The monoisotopic (exact) mass is 623 g/mol. The molecule has 1 aromatic rings. The van der Waals surface area contributed by atoms with Crippen LogP contribution in [0.25, 0.3) is 0 Å². The van der Waals surface area contributed by atoms with Crippen LogP contribution >= 0.6 is 23.2 Å². The SMILES string of the molecule is COC[C@H]1C=C(N2CCN(C(=O)OC(C)(C)C)C[C@@H]2C)N=CCC12CC=NC(N)=C2O[C@H](C)c1c(Cl)ccc(F)c1Cl. The van der Waals surface area contributed by atoms with Crippen LogP contribution in [-0.2, 0) is 14.2 Å². The fourth-order valence-electron chi connectivity index (χ4n) is 5.72. The smallest absolute Gasteiger partial charge is 0.410 e. The quantitative estimate of drug-likeness (QED) is 0.372. The zero-order valence-electron chi connectivity index (χ0n) is 25.0. The number of amides is 1. The standard InChI is InChI=1S/C30H40Cl2FN5O4/c1-18-16-37(28(39)42-29(3,4)5)13-14-38(18)23-15-20(17-40-6)30(9-11-35-23)10-12-36-27(34)26(30)41-19(2)24-21(31)7-8-22(33)25(24)32/h7-8,11-12,15,18-20H,9-10,13-14,16-17,34H2,1-6H3/t18-,19+,20+,30?/m0/s1. The van der Waals surface area contributed by atoms with Crippen molar-refractivity contribution in [2.24, 2.45) is 27.1 Å². The summed E-state index contributed by atoms with van der Waals surface area (Å²) in [6.07, 6.45) is 5.73. The Morgan fingerprint density at radius 2 is 1.90 bits per heavy atom. The van der Waals surface area contributed by atoms with Crippen molar-refractivity contribution in [3.05, 3.63) is 57.0 Å². The summed E-state index contributed by atoms with van der Waals surface area (Å²) in [5.74, 6) is 0.680. The second kappa shape index (κ2) is 12.8. The number of hydrogen-bond donors (Lipinski definition) is 1. The van der Waals surface area contributed by atoms with E-state index in [2.05, 4.69) is 22.9 Å². The molecule has 3 aliphatic rings. The summed E-state index contributed by atoms with van der Waals surface area (Å²) < 4.78 is 32.1. The van der Waals surface area contributed by atoms with Crippen molar-refractivity contribution < 1.29 is 23.4 Å². The predicted octanol–water partition coefficient (Wildman–Crippen LogP) is 6.32. The predicted molar refractivity (Wildman–Crippen MR) is 163 cm³/mol. The summed E-state index contributed by atoms with van der Waals surface area (Å²) in [5, 5.41) is 0.194. The molecule has 9 nitrogen and oxygen atoms in total. The molecule has 0 radical (unpaired) electrons. The highest BCUT2D eigenvalue weighted by atomic mass is 35.5. The molecule has 42 heavy (non-hydrogen) atoms. The number of nitrogens with zero attached hydrogens (tertiary/aromatic N) is 4. The third-order valence-electron chi connectivity index (χ3n) is 7.81. The first-order chi connectivity index (χ1) is 19.8. The van der Waals surface area contributed by atoms with E-state index in [-0.39, 0.29) is 28.9 Å². The van der Waals surface area contributed by atoms with Crippen LogP contribution in [0, 0.1) is 17.2 Å². The third kappa shape index (κ3) is 6.71. The van der Waals surface area contributed by atoms with E-state index in [4.69, 9.17) is 48.1 Å². The second-order valence-electron chi connectivity index (χ2n) is 12.0. The van der Waals surface area contributed by atoms with Gasteiger partial charge >= 0.3 is 6.09 Å². The maximum Gasteiger partial charge on any atom is 0.410 e. The Balaban J connectivity index is 1.63. The fourth-order valence-corrected chi connectivity index (χ4v) is 6.40. The molecule has 0 saturated carbocycles. The molecule has 12 heteroatoms. The molecule has 1 fully saturated rings. The van der Waals surface area contributed by atoms with Crippen molar-refractivity contribution in [1.29, 1.82) is 0 Å². The molecular weight excluding hydrogens is 584 g/mol. The zero-order chi connectivity index (χ0) is 30.8. The number of nitrogens with two attached hydrogens (primary N) is 1. The van der Waals surface area contributed by atoms with Gasteiger partial charge in [0.1, 0.15) is 29.1 Å². The van der Waals surface area contributed by atoms with E-state index in [1.807, 2.05) is 27.0 Å². The average molecular weight is 625 g/mol. The molecule has 230 valence electrons. The summed E-state index contributed by atoms with van der Waals surface area (Å²) in [5.41, 5.74) is 5.57. The van der Waals surface area contributed by atoms with Gasteiger partial charge in [0.15, 0.2) is 5.82 Å². The largest absolute Gasteiger partial charge is 0.486 e. The summed E-state index contributed by atoms with van der Waals surface area (Å²) in [4.78, 5) is 25.9. The average Bonchev–Trinajstić information content (AvgIpc) is 3.08. The van der Waals surface area contributed by atoms with Gasteiger partial charge < -0.3 is 29.7 Å². The highest BCUT2D eigenvalue weighted by molar-refractivity contribution is 6.36. The maximum atomic E-state index is 14.4. The van der Waals surface area contributed by atoms with Gasteiger partial charge in [-0.15, -0.1) is 0 Å². The molecule has 3 heterocycles. The van der Waals surface area contributed by atoms with Crippen LogP contribution in [0.2, 0.25) is 10.0 Å². The normalized spacial score (nSPS) is 25.4. The van der Waals surface area contributed by atoms with Crippen LogP contribution in [0.4, 0.5) is 9.18 Å². The number of allylic oxidation sites excluding steroid dienone is 1. The number of hydrogen-bond acceptors (Lipinski definition) is 8. The number of carbonyl (C=O) groups excluding carboxylic acids is 1. The van der Waals surface area contributed by atoms with Gasteiger partial charge in [-0.2, -0.15) is 0 Å². The lowest BCUT2D eigenvalue weighted by atomic mass is 9.68. The van der Waals surface area contributed by atoms with Crippen molar-refractivity contribution in [3.63, 3.8) is 0 Å². The van der Waals surface area contributed by atoms with E-state index in [1.54, 1.807) is 25.1 Å². The molecular formula is C30H40Cl2FN5O4. The highest BCUT2D eigenvalue weighted by Gasteiger charge is 2.47. The number of ether oxygens (including phenoxy) is 3. The van der Waals surface area contributed by atoms with Gasteiger partial charge in [0.2, 0.25) is 0 Å². The number of rotatable bonds is 6. The van der Waals surface area contributed by atoms with Crippen LogP contribution < -0.4 is 5.73 Å². The molecule has 0 aliphatic carbocycles. The zero-order valence-corrected chi connectivity index (χ0v) is 26.5. The number of piperazine rings is 1. The lowest BCUT2D eigenvalue weighted by Crippen LogP contribution is -2.53.